The average Bonchev–Trinajstić information content (AvgIpc) is 2.65. The fourth-order valence-electron chi connectivity index (χ4n) is 4.05. The van der Waals surface area contributed by atoms with Crippen molar-refractivity contribution in [1.82, 2.24) is 4.48 Å². The maximum atomic E-state index is 2.37. The smallest absolute Gasteiger partial charge is 0.135 e. The second-order valence-electron chi connectivity index (χ2n) is 8.63. The van der Waals surface area contributed by atoms with Crippen LogP contribution in [0, 0.1) is 0 Å². The maximum Gasteiger partial charge on any atom is 0.135 e. The number of nitrogens with zero attached hydrogens (tertiary/aromatic N) is 1. The standard InChI is InChI=1S/C25H46N/c1-5-7-8-9-10-11-12-13-14-15-16-17-20-23-26(3,4)25-22-19-18-21-24(25)6-2/h18-19,21-22H,5-17,20,23H2,1-4H3/q+1. The molecule has 0 saturated carbocycles. The number of aryl methyl sites for hydroxylation is 1. The summed E-state index contributed by atoms with van der Waals surface area (Å²) in [7, 11) is 4.74. The van der Waals surface area contributed by atoms with Crippen LogP contribution in [0.25, 0.3) is 0 Å². The minimum atomic E-state index is 1.03. The van der Waals surface area contributed by atoms with Crippen LogP contribution < -0.4 is 4.48 Å². The third kappa shape index (κ3) is 9.76. The topological polar surface area (TPSA) is 0 Å². The van der Waals surface area contributed by atoms with Crippen molar-refractivity contribution in [1.29, 1.82) is 0 Å². The molecule has 0 aromatic heterocycles. The zero-order valence-corrected chi connectivity index (χ0v) is 18.4. The first-order chi connectivity index (χ1) is 12.6. The van der Waals surface area contributed by atoms with E-state index in [0.29, 0.717) is 0 Å². The third-order valence-electron chi connectivity index (χ3n) is 5.85. The van der Waals surface area contributed by atoms with Crippen molar-refractivity contribution < 1.29 is 0 Å². The molecule has 1 nitrogen and oxygen atoms in total. The van der Waals surface area contributed by atoms with Crippen molar-refractivity contribution >= 4 is 5.69 Å². The van der Waals surface area contributed by atoms with Gasteiger partial charge in [-0.25, -0.2) is 0 Å². The first-order valence-corrected chi connectivity index (χ1v) is 11.5. The predicted molar refractivity (Wildman–Crippen MR) is 120 cm³/mol. The second-order valence-corrected chi connectivity index (χ2v) is 8.63. The highest BCUT2D eigenvalue weighted by Gasteiger charge is 2.20. The summed E-state index contributed by atoms with van der Waals surface area (Å²) < 4.78 is 1.03. The lowest BCUT2D eigenvalue weighted by Crippen LogP contribution is -2.42. The Bertz CT molecular complexity index is 449. The van der Waals surface area contributed by atoms with Crippen molar-refractivity contribution in [2.24, 2.45) is 0 Å². The summed E-state index contributed by atoms with van der Waals surface area (Å²) in [5.41, 5.74) is 3.01. The van der Waals surface area contributed by atoms with E-state index in [2.05, 4.69) is 52.2 Å². The first-order valence-electron chi connectivity index (χ1n) is 11.5. The van der Waals surface area contributed by atoms with Crippen molar-refractivity contribution in [3.05, 3.63) is 29.8 Å². The summed E-state index contributed by atoms with van der Waals surface area (Å²) >= 11 is 0. The molecule has 0 aliphatic heterocycles. The van der Waals surface area contributed by atoms with Gasteiger partial charge in [-0.15, -0.1) is 0 Å². The molecule has 0 atom stereocenters. The summed E-state index contributed by atoms with van der Waals surface area (Å²) in [6.07, 6.45) is 19.7. The van der Waals surface area contributed by atoms with Gasteiger partial charge in [0.25, 0.3) is 0 Å². The van der Waals surface area contributed by atoms with Crippen molar-refractivity contribution in [2.45, 2.75) is 104 Å². The highest BCUT2D eigenvalue weighted by atomic mass is 15.3. The Morgan fingerprint density at radius 3 is 1.58 bits per heavy atom. The van der Waals surface area contributed by atoms with Crippen LogP contribution in [0.4, 0.5) is 5.69 Å². The molecule has 1 aromatic rings. The molecule has 0 amide bonds. The van der Waals surface area contributed by atoms with E-state index in [4.69, 9.17) is 0 Å². The minimum Gasteiger partial charge on any atom is -0.296 e. The molecule has 0 heterocycles. The summed E-state index contributed by atoms with van der Waals surface area (Å²) in [4.78, 5) is 0. The van der Waals surface area contributed by atoms with Crippen LogP contribution in [0.15, 0.2) is 24.3 Å². The molecule has 0 fully saturated rings. The molecular weight excluding hydrogens is 314 g/mol. The van der Waals surface area contributed by atoms with E-state index in [-0.39, 0.29) is 0 Å². The van der Waals surface area contributed by atoms with E-state index in [1.54, 1.807) is 0 Å². The van der Waals surface area contributed by atoms with E-state index in [1.807, 2.05) is 0 Å². The number of rotatable bonds is 16. The molecule has 0 aliphatic rings. The molecule has 0 unspecified atom stereocenters. The SMILES string of the molecule is CCCCCCCCCCCCCCC[N+](C)(C)c1ccccc1CC. The van der Waals surface area contributed by atoms with Gasteiger partial charge in [-0.05, 0) is 25.3 Å². The van der Waals surface area contributed by atoms with Crippen LogP contribution in [0.2, 0.25) is 0 Å². The molecule has 0 radical (unpaired) electrons. The Balaban J connectivity index is 2.03. The zero-order valence-electron chi connectivity index (χ0n) is 18.4. The van der Waals surface area contributed by atoms with E-state index in [1.165, 1.54) is 101 Å². The molecule has 0 aliphatic carbocycles. The van der Waals surface area contributed by atoms with Crippen LogP contribution in [0.1, 0.15) is 103 Å². The highest BCUT2D eigenvalue weighted by molar-refractivity contribution is 5.49. The molecule has 1 heteroatoms. The quantitative estimate of drug-likeness (QED) is 0.207. The van der Waals surface area contributed by atoms with E-state index >= 15 is 0 Å². The molecule has 0 saturated heterocycles. The molecule has 0 N–H and O–H groups in total. The third-order valence-corrected chi connectivity index (χ3v) is 5.85. The number of para-hydroxylation sites is 1. The van der Waals surface area contributed by atoms with Gasteiger partial charge in [-0.2, -0.15) is 0 Å². The molecule has 150 valence electrons. The van der Waals surface area contributed by atoms with Crippen molar-refractivity contribution in [2.75, 3.05) is 20.6 Å². The Kier molecular flexibility index (Phi) is 12.7. The molecule has 1 aromatic carbocycles. The molecular formula is C25H46N+. The maximum absolute atomic E-state index is 2.37. The summed E-state index contributed by atoms with van der Waals surface area (Å²) in [5, 5.41) is 0. The fraction of sp³-hybridized carbons (Fsp3) is 0.760. The Hall–Kier alpha value is -0.820. The highest BCUT2D eigenvalue weighted by Crippen LogP contribution is 2.25. The van der Waals surface area contributed by atoms with Crippen LogP contribution in [0.3, 0.4) is 0 Å². The predicted octanol–water partition coefficient (Wildman–Crippen LogP) is 7.91. The Labute approximate surface area is 164 Å². The number of hydrogen-bond acceptors (Lipinski definition) is 0. The van der Waals surface area contributed by atoms with Crippen molar-refractivity contribution in [3.8, 4) is 0 Å². The second kappa shape index (κ2) is 14.3. The van der Waals surface area contributed by atoms with Gasteiger partial charge < -0.3 is 0 Å². The largest absolute Gasteiger partial charge is 0.296 e. The molecule has 0 spiro atoms. The summed E-state index contributed by atoms with van der Waals surface area (Å²) in [6, 6.07) is 8.98. The lowest BCUT2D eigenvalue weighted by atomic mass is 10.0. The number of unbranched alkanes of at least 4 members (excludes halogenated alkanes) is 12. The number of hydrogen-bond donors (Lipinski definition) is 0. The monoisotopic (exact) mass is 360 g/mol. The van der Waals surface area contributed by atoms with Gasteiger partial charge >= 0.3 is 0 Å². The van der Waals surface area contributed by atoms with Gasteiger partial charge in [0.15, 0.2) is 0 Å². The van der Waals surface area contributed by atoms with Crippen LogP contribution in [0.5, 0.6) is 0 Å². The van der Waals surface area contributed by atoms with Crippen LogP contribution >= 0.6 is 0 Å². The van der Waals surface area contributed by atoms with E-state index in [0.717, 1.165) is 10.9 Å². The van der Waals surface area contributed by atoms with Gasteiger partial charge in [0, 0.05) is 5.56 Å². The van der Waals surface area contributed by atoms with E-state index in [9.17, 15) is 0 Å². The van der Waals surface area contributed by atoms with Crippen LogP contribution in [-0.4, -0.2) is 20.6 Å². The lowest BCUT2D eigenvalue weighted by Gasteiger charge is -2.31. The lowest BCUT2D eigenvalue weighted by molar-refractivity contribution is 0.378. The van der Waals surface area contributed by atoms with Gasteiger partial charge in [0.1, 0.15) is 5.69 Å². The fourth-order valence-corrected chi connectivity index (χ4v) is 4.05. The number of benzene rings is 1. The Morgan fingerprint density at radius 2 is 1.08 bits per heavy atom. The van der Waals surface area contributed by atoms with Gasteiger partial charge in [0.2, 0.25) is 0 Å². The first kappa shape index (κ1) is 23.2. The Morgan fingerprint density at radius 1 is 0.615 bits per heavy atom. The average molecular weight is 361 g/mol. The van der Waals surface area contributed by atoms with Gasteiger partial charge in [0.05, 0.1) is 20.6 Å². The zero-order chi connectivity index (χ0) is 19.1. The number of quaternary nitrogens is 1. The normalized spacial score (nSPS) is 11.8. The molecule has 26 heavy (non-hydrogen) atoms. The molecule has 0 bridgehead atoms. The molecule has 1 rings (SSSR count). The van der Waals surface area contributed by atoms with E-state index < -0.39 is 0 Å². The van der Waals surface area contributed by atoms with Gasteiger partial charge in [-0.1, -0.05) is 103 Å². The van der Waals surface area contributed by atoms with Crippen LogP contribution in [-0.2, 0) is 6.42 Å². The summed E-state index contributed by atoms with van der Waals surface area (Å²) in [6.45, 7) is 5.82. The summed E-state index contributed by atoms with van der Waals surface area (Å²) in [5.74, 6) is 0. The van der Waals surface area contributed by atoms with Crippen molar-refractivity contribution in [3.63, 3.8) is 0 Å². The minimum absolute atomic E-state index is 1.03. The van der Waals surface area contributed by atoms with Gasteiger partial charge in [-0.3, -0.25) is 4.48 Å².